The molecule has 0 fully saturated rings. The molecule has 1 aromatic carbocycles. The zero-order valence-electron chi connectivity index (χ0n) is 12.5. The first kappa shape index (κ1) is 16.9. The third-order valence-corrected chi connectivity index (χ3v) is 3.26. The van der Waals surface area contributed by atoms with Gasteiger partial charge in [-0.3, -0.25) is 9.69 Å². The Hall–Kier alpha value is -2.11. The van der Waals surface area contributed by atoms with Gasteiger partial charge in [-0.25, -0.2) is 9.18 Å². The molecule has 0 aliphatic carbocycles. The second-order valence-electron chi connectivity index (χ2n) is 4.76. The molecule has 1 N–H and O–H groups in total. The van der Waals surface area contributed by atoms with E-state index >= 15 is 0 Å². The fraction of sp³-hybridized carbons (Fsp3) is 0.467. The number of rotatable bonds is 6. The van der Waals surface area contributed by atoms with Gasteiger partial charge < -0.3 is 10.0 Å². The highest BCUT2D eigenvalue weighted by molar-refractivity contribution is 5.92. The molecule has 1 atom stereocenters. The Morgan fingerprint density at radius 2 is 1.86 bits per heavy atom. The number of hydrogen-bond donors (Lipinski definition) is 1. The highest BCUT2D eigenvalue weighted by atomic mass is 19.1. The van der Waals surface area contributed by atoms with Crippen molar-refractivity contribution in [1.29, 1.82) is 0 Å². The minimum Gasteiger partial charge on any atom is -0.481 e. The number of carboxylic acids is 1. The highest BCUT2D eigenvalue weighted by Crippen LogP contribution is 2.20. The van der Waals surface area contributed by atoms with Gasteiger partial charge in [0.15, 0.2) is 0 Å². The Morgan fingerprint density at radius 3 is 2.33 bits per heavy atom. The lowest BCUT2D eigenvalue weighted by molar-refractivity contribution is -0.141. The van der Waals surface area contributed by atoms with Crippen LogP contribution in [0.2, 0.25) is 0 Å². The van der Waals surface area contributed by atoms with Gasteiger partial charge in [0.2, 0.25) is 0 Å². The van der Waals surface area contributed by atoms with Crippen LogP contribution in [0.5, 0.6) is 0 Å². The third-order valence-electron chi connectivity index (χ3n) is 3.26. The number of anilines is 1. The molecule has 0 spiro atoms. The molecule has 1 unspecified atom stereocenters. The van der Waals surface area contributed by atoms with Gasteiger partial charge >= 0.3 is 12.0 Å². The normalized spacial score (nSPS) is 11.8. The van der Waals surface area contributed by atoms with E-state index in [1.165, 1.54) is 28.9 Å². The van der Waals surface area contributed by atoms with Crippen LogP contribution in [0.15, 0.2) is 24.3 Å². The summed E-state index contributed by atoms with van der Waals surface area (Å²) in [6.07, 6.45) is 0. The average molecular weight is 296 g/mol. The van der Waals surface area contributed by atoms with E-state index in [4.69, 9.17) is 5.11 Å². The van der Waals surface area contributed by atoms with Crippen LogP contribution in [0.1, 0.15) is 20.8 Å². The molecular weight excluding hydrogens is 275 g/mol. The molecule has 21 heavy (non-hydrogen) atoms. The highest BCUT2D eigenvalue weighted by Gasteiger charge is 2.25. The summed E-state index contributed by atoms with van der Waals surface area (Å²) in [7, 11) is 0. The lowest BCUT2D eigenvalue weighted by Gasteiger charge is -2.30. The zero-order valence-corrected chi connectivity index (χ0v) is 12.5. The van der Waals surface area contributed by atoms with Crippen molar-refractivity contribution < 1.29 is 19.1 Å². The van der Waals surface area contributed by atoms with E-state index in [2.05, 4.69) is 0 Å². The van der Waals surface area contributed by atoms with Crippen LogP contribution >= 0.6 is 0 Å². The monoisotopic (exact) mass is 296 g/mol. The third kappa shape index (κ3) is 4.18. The largest absolute Gasteiger partial charge is 0.481 e. The minimum atomic E-state index is -0.963. The number of halogens is 1. The first-order chi connectivity index (χ1) is 9.92. The van der Waals surface area contributed by atoms with Crippen LogP contribution in [-0.2, 0) is 4.79 Å². The predicted molar refractivity (Wildman–Crippen MR) is 78.9 cm³/mol. The lowest BCUT2D eigenvalue weighted by atomic mass is 10.2. The summed E-state index contributed by atoms with van der Waals surface area (Å²) in [5.41, 5.74) is 0.200. The standard InChI is InChI=1S/C15H21FN2O3/c1-4-17(10-11(3)14(19)20)15(21)18(5-2)13-9-7-6-8-12(13)16/h6-9,11H,4-5,10H2,1-3H3,(H,19,20). The van der Waals surface area contributed by atoms with Gasteiger partial charge in [0.1, 0.15) is 5.82 Å². The molecule has 0 heterocycles. The van der Waals surface area contributed by atoms with Crippen LogP contribution < -0.4 is 4.90 Å². The Labute approximate surface area is 124 Å². The van der Waals surface area contributed by atoms with E-state index in [0.717, 1.165) is 0 Å². The van der Waals surface area contributed by atoms with Gasteiger partial charge in [-0.1, -0.05) is 19.1 Å². The predicted octanol–water partition coefficient (Wildman–Crippen LogP) is 2.81. The van der Waals surface area contributed by atoms with Crippen LogP contribution in [0.4, 0.5) is 14.9 Å². The number of para-hydroxylation sites is 1. The van der Waals surface area contributed by atoms with Crippen molar-refractivity contribution in [3.05, 3.63) is 30.1 Å². The van der Waals surface area contributed by atoms with Gasteiger partial charge in [-0.05, 0) is 26.0 Å². The molecule has 0 aliphatic rings. The van der Waals surface area contributed by atoms with Crippen molar-refractivity contribution in [2.24, 2.45) is 5.92 Å². The van der Waals surface area contributed by atoms with Crippen molar-refractivity contribution in [3.8, 4) is 0 Å². The first-order valence-electron chi connectivity index (χ1n) is 6.96. The maximum absolute atomic E-state index is 13.8. The zero-order chi connectivity index (χ0) is 16.0. The molecule has 0 radical (unpaired) electrons. The van der Waals surface area contributed by atoms with Crippen molar-refractivity contribution >= 4 is 17.7 Å². The van der Waals surface area contributed by atoms with E-state index in [9.17, 15) is 14.0 Å². The molecule has 1 aromatic rings. The van der Waals surface area contributed by atoms with Crippen LogP contribution in [-0.4, -0.2) is 41.6 Å². The smallest absolute Gasteiger partial charge is 0.324 e. The molecule has 0 aromatic heterocycles. The lowest BCUT2D eigenvalue weighted by Crippen LogP contribution is -2.46. The molecular formula is C15H21FN2O3. The molecule has 2 amide bonds. The van der Waals surface area contributed by atoms with E-state index < -0.39 is 23.7 Å². The van der Waals surface area contributed by atoms with E-state index in [-0.39, 0.29) is 12.2 Å². The van der Waals surface area contributed by atoms with E-state index in [0.29, 0.717) is 13.1 Å². The Kier molecular flexibility index (Phi) is 6.14. The molecule has 0 aliphatic heterocycles. The van der Waals surface area contributed by atoms with Crippen LogP contribution in [0.3, 0.4) is 0 Å². The summed E-state index contributed by atoms with van der Waals surface area (Å²) in [5, 5.41) is 8.95. The number of hydrogen-bond acceptors (Lipinski definition) is 2. The minimum absolute atomic E-state index is 0.0929. The van der Waals surface area contributed by atoms with E-state index in [1.807, 2.05) is 0 Å². The van der Waals surface area contributed by atoms with Crippen LogP contribution in [0, 0.1) is 11.7 Å². The summed E-state index contributed by atoms with van der Waals surface area (Å²) in [4.78, 5) is 26.2. The van der Waals surface area contributed by atoms with Crippen molar-refractivity contribution in [2.75, 3.05) is 24.5 Å². The number of carboxylic acid groups (broad SMARTS) is 1. The van der Waals surface area contributed by atoms with Gasteiger partial charge in [0.25, 0.3) is 0 Å². The second-order valence-corrected chi connectivity index (χ2v) is 4.76. The van der Waals surface area contributed by atoms with Gasteiger partial charge in [0, 0.05) is 19.6 Å². The van der Waals surface area contributed by atoms with Gasteiger partial charge in [-0.2, -0.15) is 0 Å². The number of urea groups is 1. The van der Waals surface area contributed by atoms with Crippen molar-refractivity contribution in [1.82, 2.24) is 4.90 Å². The number of amides is 2. The number of benzene rings is 1. The summed E-state index contributed by atoms with van der Waals surface area (Å²) in [6, 6.07) is 5.65. The van der Waals surface area contributed by atoms with Crippen molar-refractivity contribution in [2.45, 2.75) is 20.8 Å². The molecule has 6 heteroatoms. The van der Waals surface area contributed by atoms with Crippen LogP contribution in [0.25, 0.3) is 0 Å². The molecule has 5 nitrogen and oxygen atoms in total. The Morgan fingerprint density at radius 1 is 1.24 bits per heavy atom. The SMILES string of the molecule is CCN(CC(C)C(=O)O)C(=O)N(CC)c1ccccc1F. The molecule has 1 rings (SSSR count). The topological polar surface area (TPSA) is 60.9 Å². The van der Waals surface area contributed by atoms with E-state index in [1.54, 1.807) is 26.0 Å². The number of aliphatic carboxylic acids is 1. The Balaban J connectivity index is 2.96. The number of nitrogens with zero attached hydrogens (tertiary/aromatic N) is 2. The number of carbonyl (C=O) groups excluding carboxylic acids is 1. The number of carbonyl (C=O) groups is 2. The fourth-order valence-corrected chi connectivity index (χ4v) is 2.00. The van der Waals surface area contributed by atoms with Crippen molar-refractivity contribution in [3.63, 3.8) is 0 Å². The maximum Gasteiger partial charge on any atom is 0.324 e. The fourth-order valence-electron chi connectivity index (χ4n) is 2.00. The summed E-state index contributed by atoms with van der Waals surface area (Å²) >= 11 is 0. The summed E-state index contributed by atoms with van der Waals surface area (Å²) < 4.78 is 13.8. The molecule has 0 saturated carbocycles. The molecule has 0 saturated heterocycles. The second kappa shape index (κ2) is 7.61. The molecule has 0 bridgehead atoms. The maximum atomic E-state index is 13.8. The summed E-state index contributed by atoms with van der Waals surface area (Å²) in [5.74, 6) is -2.11. The van der Waals surface area contributed by atoms with Gasteiger partial charge in [-0.15, -0.1) is 0 Å². The Bertz CT molecular complexity index is 507. The molecule has 116 valence electrons. The van der Waals surface area contributed by atoms with Gasteiger partial charge in [0.05, 0.1) is 11.6 Å². The summed E-state index contributed by atoms with van der Waals surface area (Å²) in [6.45, 7) is 5.81. The average Bonchev–Trinajstić information content (AvgIpc) is 2.46. The quantitative estimate of drug-likeness (QED) is 0.878. The first-order valence-corrected chi connectivity index (χ1v) is 6.96.